The number of allylic oxidation sites excluding steroid dienone is 22. The number of carbonyl (C=O) groups excluding carboxylic acids is 2. The van der Waals surface area contributed by atoms with Crippen LogP contribution in [0, 0.1) is 0 Å². The minimum absolute atomic E-state index is 0.136. The van der Waals surface area contributed by atoms with Gasteiger partial charge in [0.15, 0.2) is 6.10 Å². The van der Waals surface area contributed by atoms with Crippen molar-refractivity contribution in [1.82, 2.24) is 0 Å². The van der Waals surface area contributed by atoms with Crippen LogP contribution < -0.4 is 0 Å². The maximum atomic E-state index is 12.1. The van der Waals surface area contributed by atoms with Crippen LogP contribution in [0.5, 0.6) is 0 Å². The second kappa shape index (κ2) is 39.5. The first-order chi connectivity index (χ1) is 24.6. The monoisotopic (exact) mass is 686 g/mol. The first-order valence-electron chi connectivity index (χ1n) is 18.7. The lowest BCUT2D eigenvalue weighted by Crippen LogP contribution is -2.28. The van der Waals surface area contributed by atoms with Crippen LogP contribution in [0.2, 0.25) is 0 Å². The Kier molecular flexibility index (Phi) is 36.4. The van der Waals surface area contributed by atoms with E-state index < -0.39 is 12.1 Å². The highest BCUT2D eigenvalue weighted by molar-refractivity contribution is 5.70. The Labute approximate surface area is 305 Å². The number of hydrogen-bond acceptors (Lipinski definition) is 5. The van der Waals surface area contributed by atoms with Gasteiger partial charge in [-0.25, -0.2) is 0 Å². The van der Waals surface area contributed by atoms with Gasteiger partial charge in [-0.1, -0.05) is 148 Å². The number of hydrogen-bond donors (Lipinski definition) is 1. The zero-order valence-corrected chi connectivity index (χ0v) is 31.1. The molecule has 0 aromatic heterocycles. The molecule has 0 aromatic rings. The summed E-state index contributed by atoms with van der Waals surface area (Å²) in [5.41, 5.74) is 0. The van der Waals surface area contributed by atoms with Gasteiger partial charge in [0.25, 0.3) is 0 Å². The number of ether oxygens (including phenoxy) is 2. The molecule has 0 bridgehead atoms. The van der Waals surface area contributed by atoms with Crippen molar-refractivity contribution in [2.75, 3.05) is 13.2 Å². The standard InChI is InChI=1S/C45H66O5/c1-3-5-7-9-11-13-15-17-19-21-22-24-26-28-30-32-34-36-38-40-45(48)50-43(41-46)42-49-44(47)39-37-35-33-31-29-27-25-23-20-18-16-14-12-10-8-6-4-2/h5-8,11-14,17-20,22,24-25,27-28,30-31,33-34,36,43,46H,3-4,9-10,15-16,21,23,26,29,32,35,37-42H2,1-2H3/t43-/m0/s1. The summed E-state index contributed by atoms with van der Waals surface area (Å²) in [5, 5.41) is 9.53. The Morgan fingerprint density at radius 2 is 0.800 bits per heavy atom. The predicted octanol–water partition coefficient (Wildman–Crippen LogP) is 11.8. The van der Waals surface area contributed by atoms with Gasteiger partial charge in [-0.3, -0.25) is 9.59 Å². The summed E-state index contributed by atoms with van der Waals surface area (Å²) in [5.74, 6) is -0.775. The molecule has 0 heterocycles. The minimum atomic E-state index is -0.845. The van der Waals surface area contributed by atoms with Gasteiger partial charge in [-0.15, -0.1) is 0 Å². The maximum Gasteiger partial charge on any atom is 0.306 e. The fraction of sp³-hybridized carbons (Fsp3) is 0.467. The van der Waals surface area contributed by atoms with Crippen molar-refractivity contribution in [3.8, 4) is 0 Å². The van der Waals surface area contributed by atoms with E-state index in [2.05, 4.69) is 135 Å². The summed E-state index contributed by atoms with van der Waals surface area (Å²) in [4.78, 5) is 24.2. The number of esters is 2. The third-order valence-corrected chi connectivity index (χ3v) is 6.95. The largest absolute Gasteiger partial charge is 0.462 e. The lowest BCUT2D eigenvalue weighted by Gasteiger charge is -2.15. The number of aliphatic hydroxyl groups is 1. The van der Waals surface area contributed by atoms with E-state index in [1.54, 1.807) is 0 Å². The molecular weight excluding hydrogens is 620 g/mol. The second-order valence-corrected chi connectivity index (χ2v) is 11.5. The third-order valence-electron chi connectivity index (χ3n) is 6.95. The molecule has 0 saturated carbocycles. The van der Waals surface area contributed by atoms with Crippen LogP contribution in [0.4, 0.5) is 0 Å². The molecule has 50 heavy (non-hydrogen) atoms. The van der Waals surface area contributed by atoms with Crippen LogP contribution in [-0.4, -0.2) is 36.4 Å². The molecule has 0 aliphatic carbocycles. The van der Waals surface area contributed by atoms with Gasteiger partial charge in [0.05, 0.1) is 6.61 Å². The first kappa shape index (κ1) is 46.0. The van der Waals surface area contributed by atoms with Gasteiger partial charge in [0.2, 0.25) is 0 Å². The summed E-state index contributed by atoms with van der Waals surface area (Å²) in [7, 11) is 0. The average molecular weight is 687 g/mol. The molecule has 1 atom stereocenters. The lowest BCUT2D eigenvalue weighted by molar-refractivity contribution is -0.161. The van der Waals surface area contributed by atoms with Crippen molar-refractivity contribution in [2.24, 2.45) is 0 Å². The van der Waals surface area contributed by atoms with Gasteiger partial charge >= 0.3 is 11.9 Å². The topological polar surface area (TPSA) is 72.8 Å². The molecule has 1 N–H and O–H groups in total. The molecule has 0 saturated heterocycles. The van der Waals surface area contributed by atoms with Crippen LogP contribution in [-0.2, 0) is 19.1 Å². The van der Waals surface area contributed by atoms with Gasteiger partial charge < -0.3 is 14.6 Å². The van der Waals surface area contributed by atoms with Crippen LogP contribution in [0.25, 0.3) is 0 Å². The molecule has 0 rings (SSSR count). The molecule has 5 heteroatoms. The quantitative estimate of drug-likeness (QED) is 0.0446. The van der Waals surface area contributed by atoms with Crippen molar-refractivity contribution in [1.29, 1.82) is 0 Å². The van der Waals surface area contributed by atoms with E-state index in [1.165, 1.54) is 0 Å². The van der Waals surface area contributed by atoms with Gasteiger partial charge in [0.1, 0.15) is 6.61 Å². The molecule has 0 aromatic carbocycles. The maximum absolute atomic E-state index is 12.1. The number of carbonyl (C=O) groups is 2. The Morgan fingerprint density at radius 1 is 0.460 bits per heavy atom. The van der Waals surface area contributed by atoms with Gasteiger partial charge in [0, 0.05) is 12.8 Å². The van der Waals surface area contributed by atoms with E-state index in [0.29, 0.717) is 12.8 Å². The highest BCUT2D eigenvalue weighted by atomic mass is 16.6. The van der Waals surface area contributed by atoms with Crippen LogP contribution >= 0.6 is 0 Å². The summed E-state index contributed by atoms with van der Waals surface area (Å²) in [6.45, 7) is 3.76. The molecule has 0 radical (unpaired) electrons. The molecule has 0 aliphatic heterocycles. The van der Waals surface area contributed by atoms with Crippen molar-refractivity contribution in [3.05, 3.63) is 134 Å². The second-order valence-electron chi connectivity index (χ2n) is 11.5. The van der Waals surface area contributed by atoms with E-state index in [-0.39, 0.29) is 32.0 Å². The van der Waals surface area contributed by atoms with E-state index in [4.69, 9.17) is 9.47 Å². The van der Waals surface area contributed by atoms with Crippen LogP contribution in [0.3, 0.4) is 0 Å². The molecule has 0 spiro atoms. The summed E-state index contributed by atoms with van der Waals surface area (Å²) in [6, 6.07) is 0. The van der Waals surface area contributed by atoms with Crippen molar-refractivity contribution in [3.63, 3.8) is 0 Å². The number of unbranched alkanes of at least 4 members (excludes halogenated alkanes) is 1. The Morgan fingerprint density at radius 3 is 1.16 bits per heavy atom. The third kappa shape index (κ3) is 36.9. The van der Waals surface area contributed by atoms with E-state index in [0.717, 1.165) is 77.0 Å². The normalized spacial score (nSPS) is 13.7. The van der Waals surface area contributed by atoms with Crippen LogP contribution in [0.15, 0.2) is 134 Å². The zero-order chi connectivity index (χ0) is 36.4. The summed E-state index contributed by atoms with van der Waals surface area (Å²) in [6.07, 6.45) is 59.5. The van der Waals surface area contributed by atoms with Crippen molar-refractivity contribution < 1.29 is 24.2 Å². The van der Waals surface area contributed by atoms with E-state index in [9.17, 15) is 14.7 Å². The molecule has 0 fully saturated rings. The Balaban J connectivity index is 3.86. The molecule has 276 valence electrons. The Hall–Kier alpha value is -3.96. The predicted molar refractivity (Wildman–Crippen MR) is 214 cm³/mol. The smallest absolute Gasteiger partial charge is 0.306 e. The molecule has 0 unspecified atom stereocenters. The highest BCUT2D eigenvalue weighted by Gasteiger charge is 2.15. The fourth-order valence-electron chi connectivity index (χ4n) is 4.20. The SMILES string of the molecule is CCC=CCC=CCC=CCC=CCC=CCC=CCCC(=O)O[C@@H](CO)COC(=O)CCCC=CCC=CCC=CCC=CCC=CCC. The van der Waals surface area contributed by atoms with Crippen LogP contribution in [0.1, 0.15) is 117 Å². The fourth-order valence-corrected chi connectivity index (χ4v) is 4.20. The Bertz CT molecular complexity index is 1140. The molecule has 0 amide bonds. The summed E-state index contributed by atoms with van der Waals surface area (Å²) >= 11 is 0. The molecule has 0 aliphatic rings. The van der Waals surface area contributed by atoms with Crippen molar-refractivity contribution >= 4 is 11.9 Å². The van der Waals surface area contributed by atoms with E-state index >= 15 is 0 Å². The molecular formula is C45H66O5. The van der Waals surface area contributed by atoms with E-state index in [1.807, 2.05) is 12.2 Å². The van der Waals surface area contributed by atoms with Gasteiger partial charge in [-0.05, 0) is 89.9 Å². The molecule has 5 nitrogen and oxygen atoms in total. The first-order valence-corrected chi connectivity index (χ1v) is 18.7. The zero-order valence-electron chi connectivity index (χ0n) is 31.1. The lowest BCUT2D eigenvalue weighted by atomic mass is 10.2. The minimum Gasteiger partial charge on any atom is -0.462 e. The van der Waals surface area contributed by atoms with Crippen molar-refractivity contribution in [2.45, 2.75) is 123 Å². The number of aliphatic hydroxyl groups excluding tert-OH is 1. The van der Waals surface area contributed by atoms with Gasteiger partial charge in [-0.2, -0.15) is 0 Å². The number of rotatable bonds is 31. The average Bonchev–Trinajstić information content (AvgIpc) is 3.12. The highest BCUT2D eigenvalue weighted by Crippen LogP contribution is 2.05. The summed E-state index contributed by atoms with van der Waals surface area (Å²) < 4.78 is 10.5.